The number of fused-ring (bicyclic) bond motifs is 1. The second-order valence-electron chi connectivity index (χ2n) is 4.47. The first-order valence-corrected chi connectivity index (χ1v) is 6.96. The van der Waals surface area contributed by atoms with Crippen LogP contribution >= 0.6 is 15.9 Å². The highest BCUT2D eigenvalue weighted by Crippen LogP contribution is 2.31. The zero-order chi connectivity index (χ0) is 13.4. The van der Waals surface area contributed by atoms with Crippen LogP contribution in [-0.4, -0.2) is 23.6 Å². The maximum absolute atomic E-state index is 5.52. The van der Waals surface area contributed by atoms with Crippen LogP contribution in [-0.2, 0) is 6.42 Å². The Kier molecular flexibility index (Phi) is 3.14. The van der Waals surface area contributed by atoms with Crippen molar-refractivity contribution in [2.45, 2.75) is 13.3 Å². The van der Waals surface area contributed by atoms with Gasteiger partial charge in [0, 0.05) is 19.0 Å². The number of aryl methyl sites for hydroxylation is 1. The van der Waals surface area contributed by atoms with Crippen molar-refractivity contribution >= 4 is 21.7 Å². The quantitative estimate of drug-likeness (QED) is 0.923. The molecule has 0 spiro atoms. The number of anilines is 1. The van der Waals surface area contributed by atoms with Crippen molar-refractivity contribution in [3.63, 3.8) is 0 Å². The Hall–Kier alpha value is -1.62. The monoisotopic (exact) mass is 319 g/mol. The highest BCUT2D eigenvalue weighted by Gasteiger charge is 2.15. The molecular formula is C14H14BrN3O. The van der Waals surface area contributed by atoms with E-state index in [9.17, 15) is 0 Å². The van der Waals surface area contributed by atoms with E-state index < -0.39 is 0 Å². The first-order chi connectivity index (χ1) is 9.19. The number of halogens is 1. The number of rotatable bonds is 2. The van der Waals surface area contributed by atoms with Crippen LogP contribution in [0.15, 0.2) is 22.7 Å². The van der Waals surface area contributed by atoms with Crippen LogP contribution in [0.3, 0.4) is 0 Å². The largest absolute Gasteiger partial charge is 0.493 e. The fraction of sp³-hybridized carbons (Fsp3) is 0.286. The third kappa shape index (κ3) is 2.18. The van der Waals surface area contributed by atoms with E-state index in [0.717, 1.165) is 46.1 Å². The molecule has 0 unspecified atom stereocenters. The van der Waals surface area contributed by atoms with Gasteiger partial charge in [-0.1, -0.05) is 0 Å². The molecule has 0 saturated carbocycles. The number of benzene rings is 1. The SMILES string of the molecule is CNc1nc(-c2ccc3c(c2)CCO3)nc(C)c1Br. The van der Waals surface area contributed by atoms with E-state index in [1.807, 2.05) is 26.1 Å². The van der Waals surface area contributed by atoms with Crippen molar-refractivity contribution in [2.75, 3.05) is 19.0 Å². The van der Waals surface area contributed by atoms with Gasteiger partial charge in [-0.15, -0.1) is 0 Å². The summed E-state index contributed by atoms with van der Waals surface area (Å²) in [4.78, 5) is 9.08. The van der Waals surface area contributed by atoms with Gasteiger partial charge in [0.1, 0.15) is 11.6 Å². The summed E-state index contributed by atoms with van der Waals surface area (Å²) in [5.74, 6) is 2.52. The van der Waals surface area contributed by atoms with Gasteiger partial charge in [0.15, 0.2) is 5.82 Å². The van der Waals surface area contributed by atoms with Crippen molar-refractivity contribution in [1.29, 1.82) is 0 Å². The molecule has 0 saturated heterocycles. The summed E-state index contributed by atoms with van der Waals surface area (Å²) in [6.07, 6.45) is 0.956. The molecular weight excluding hydrogens is 306 g/mol. The molecule has 1 aliphatic rings. The van der Waals surface area contributed by atoms with Crippen molar-refractivity contribution < 1.29 is 4.74 Å². The van der Waals surface area contributed by atoms with Crippen LogP contribution in [0.4, 0.5) is 5.82 Å². The van der Waals surface area contributed by atoms with E-state index in [0.29, 0.717) is 0 Å². The van der Waals surface area contributed by atoms with Gasteiger partial charge in [-0.25, -0.2) is 9.97 Å². The van der Waals surface area contributed by atoms with Crippen molar-refractivity contribution in [3.05, 3.63) is 33.9 Å². The average molecular weight is 320 g/mol. The van der Waals surface area contributed by atoms with E-state index in [1.54, 1.807) is 0 Å². The summed E-state index contributed by atoms with van der Waals surface area (Å²) in [6.45, 7) is 2.73. The zero-order valence-electron chi connectivity index (χ0n) is 10.8. The van der Waals surface area contributed by atoms with Gasteiger partial charge in [0.2, 0.25) is 0 Å². The normalized spacial score (nSPS) is 13.0. The Balaban J connectivity index is 2.09. The topological polar surface area (TPSA) is 47.0 Å². The Morgan fingerprint density at radius 3 is 2.95 bits per heavy atom. The molecule has 19 heavy (non-hydrogen) atoms. The Morgan fingerprint density at radius 2 is 2.16 bits per heavy atom. The van der Waals surface area contributed by atoms with Crippen molar-refractivity contribution in [1.82, 2.24) is 9.97 Å². The van der Waals surface area contributed by atoms with Gasteiger partial charge in [-0.2, -0.15) is 0 Å². The third-order valence-electron chi connectivity index (χ3n) is 3.20. The summed E-state index contributed by atoms with van der Waals surface area (Å²) in [5.41, 5.74) is 3.18. The van der Waals surface area contributed by atoms with Gasteiger partial charge in [0.05, 0.1) is 16.8 Å². The lowest BCUT2D eigenvalue weighted by Crippen LogP contribution is -2.00. The maximum atomic E-state index is 5.52. The minimum Gasteiger partial charge on any atom is -0.493 e. The van der Waals surface area contributed by atoms with Crippen LogP contribution < -0.4 is 10.1 Å². The molecule has 0 amide bonds. The first kappa shape index (κ1) is 12.4. The minimum absolute atomic E-state index is 0.736. The lowest BCUT2D eigenvalue weighted by molar-refractivity contribution is 0.357. The summed E-state index contributed by atoms with van der Waals surface area (Å²) >= 11 is 3.49. The summed E-state index contributed by atoms with van der Waals surface area (Å²) in [5, 5.41) is 3.08. The molecule has 1 aromatic heterocycles. The average Bonchev–Trinajstić information content (AvgIpc) is 2.89. The van der Waals surface area contributed by atoms with Gasteiger partial charge in [-0.05, 0) is 46.6 Å². The second kappa shape index (κ2) is 4.81. The molecule has 1 aromatic carbocycles. The number of nitrogens with one attached hydrogen (secondary N) is 1. The molecule has 0 aliphatic carbocycles. The molecule has 0 fully saturated rings. The number of hydrogen-bond acceptors (Lipinski definition) is 4. The van der Waals surface area contributed by atoms with E-state index in [2.05, 4.69) is 37.3 Å². The van der Waals surface area contributed by atoms with Gasteiger partial charge in [0.25, 0.3) is 0 Å². The van der Waals surface area contributed by atoms with Gasteiger partial charge >= 0.3 is 0 Å². The number of aromatic nitrogens is 2. The lowest BCUT2D eigenvalue weighted by Gasteiger charge is -2.09. The van der Waals surface area contributed by atoms with Crippen LogP contribution in [0, 0.1) is 6.92 Å². The third-order valence-corrected chi connectivity index (χ3v) is 4.15. The van der Waals surface area contributed by atoms with Crippen LogP contribution in [0.5, 0.6) is 5.75 Å². The smallest absolute Gasteiger partial charge is 0.161 e. The fourth-order valence-electron chi connectivity index (χ4n) is 2.18. The van der Waals surface area contributed by atoms with E-state index in [1.165, 1.54) is 5.56 Å². The predicted molar refractivity (Wildman–Crippen MR) is 78.7 cm³/mol. The predicted octanol–water partition coefficient (Wildman–Crippen LogP) is 3.19. The number of hydrogen-bond donors (Lipinski definition) is 1. The highest BCUT2D eigenvalue weighted by atomic mass is 79.9. The Morgan fingerprint density at radius 1 is 1.32 bits per heavy atom. The highest BCUT2D eigenvalue weighted by molar-refractivity contribution is 9.10. The molecule has 0 bridgehead atoms. The van der Waals surface area contributed by atoms with E-state index in [4.69, 9.17) is 4.74 Å². The molecule has 1 N–H and O–H groups in total. The Bertz CT molecular complexity index is 643. The molecule has 4 nitrogen and oxygen atoms in total. The molecule has 2 aromatic rings. The maximum Gasteiger partial charge on any atom is 0.161 e. The summed E-state index contributed by atoms with van der Waals surface area (Å²) in [6, 6.07) is 6.12. The molecule has 3 rings (SSSR count). The number of ether oxygens (including phenoxy) is 1. The second-order valence-corrected chi connectivity index (χ2v) is 5.26. The van der Waals surface area contributed by atoms with Crippen LogP contribution in [0.1, 0.15) is 11.3 Å². The molecule has 0 atom stereocenters. The summed E-state index contributed by atoms with van der Waals surface area (Å²) in [7, 11) is 1.85. The number of nitrogens with zero attached hydrogens (tertiary/aromatic N) is 2. The summed E-state index contributed by atoms with van der Waals surface area (Å²) < 4.78 is 6.42. The minimum atomic E-state index is 0.736. The van der Waals surface area contributed by atoms with Crippen LogP contribution in [0.2, 0.25) is 0 Å². The molecule has 0 radical (unpaired) electrons. The van der Waals surface area contributed by atoms with Crippen molar-refractivity contribution in [2.24, 2.45) is 0 Å². The lowest BCUT2D eigenvalue weighted by atomic mass is 10.1. The Labute approximate surface area is 120 Å². The van der Waals surface area contributed by atoms with E-state index in [-0.39, 0.29) is 0 Å². The first-order valence-electron chi connectivity index (χ1n) is 6.17. The molecule has 5 heteroatoms. The molecule has 2 heterocycles. The molecule has 1 aliphatic heterocycles. The van der Waals surface area contributed by atoms with Crippen molar-refractivity contribution in [3.8, 4) is 17.1 Å². The van der Waals surface area contributed by atoms with E-state index >= 15 is 0 Å². The van der Waals surface area contributed by atoms with Crippen LogP contribution in [0.25, 0.3) is 11.4 Å². The standard InChI is InChI=1S/C14H14BrN3O/c1-8-12(15)14(16-2)18-13(17-8)10-3-4-11-9(7-10)5-6-19-11/h3-4,7H,5-6H2,1-2H3,(H,16,17,18). The van der Waals surface area contributed by atoms with Gasteiger partial charge < -0.3 is 10.1 Å². The fourth-order valence-corrected chi connectivity index (χ4v) is 2.56. The van der Waals surface area contributed by atoms with Gasteiger partial charge in [-0.3, -0.25) is 0 Å². The zero-order valence-corrected chi connectivity index (χ0v) is 12.4. The molecule has 98 valence electrons.